The normalized spacial score (nSPS) is 12.3. The molecule has 0 unspecified atom stereocenters. The number of carbonyl (C=O) groups is 1. The fourth-order valence-electron chi connectivity index (χ4n) is 1.74. The zero-order valence-corrected chi connectivity index (χ0v) is 12.4. The smallest absolute Gasteiger partial charge is 0.234 e. The Morgan fingerprint density at radius 2 is 2.05 bits per heavy atom. The minimum absolute atomic E-state index is 0.118. The molecule has 7 heteroatoms. The number of oxime groups is 1. The highest BCUT2D eigenvalue weighted by Gasteiger charge is 2.13. The van der Waals surface area contributed by atoms with Crippen molar-refractivity contribution in [3.8, 4) is 0 Å². The maximum absolute atomic E-state index is 13.4. The van der Waals surface area contributed by atoms with Crippen LogP contribution in [0.1, 0.15) is 31.9 Å². The maximum Gasteiger partial charge on any atom is 0.234 e. The molecule has 1 rings (SSSR count). The van der Waals surface area contributed by atoms with Crippen molar-refractivity contribution in [1.29, 1.82) is 0 Å². The van der Waals surface area contributed by atoms with Gasteiger partial charge in [-0.15, -0.1) is 0 Å². The van der Waals surface area contributed by atoms with Gasteiger partial charge in [0, 0.05) is 17.6 Å². The number of rotatable bonds is 5. The third-order valence-corrected chi connectivity index (χ3v) is 2.49. The van der Waals surface area contributed by atoms with Crippen LogP contribution in [0.5, 0.6) is 0 Å². The lowest BCUT2D eigenvalue weighted by atomic mass is 10.1. The van der Waals surface area contributed by atoms with Crippen LogP contribution in [0.3, 0.4) is 0 Å². The lowest BCUT2D eigenvalue weighted by molar-refractivity contribution is -0.121. The van der Waals surface area contributed by atoms with Crippen molar-refractivity contribution in [3.63, 3.8) is 0 Å². The molecule has 0 aromatic heterocycles. The molecule has 0 radical (unpaired) electrons. The van der Waals surface area contributed by atoms with E-state index in [1.807, 2.05) is 20.8 Å². The molecule has 0 aliphatic heterocycles. The van der Waals surface area contributed by atoms with Crippen molar-refractivity contribution < 1.29 is 14.4 Å². The summed E-state index contributed by atoms with van der Waals surface area (Å²) in [6.45, 7) is 6.08. The quantitative estimate of drug-likeness (QED) is 0.281. The fourth-order valence-corrected chi connectivity index (χ4v) is 1.74. The van der Waals surface area contributed by atoms with E-state index >= 15 is 0 Å². The summed E-state index contributed by atoms with van der Waals surface area (Å²) in [5.74, 6) is -0.799. The van der Waals surface area contributed by atoms with Gasteiger partial charge >= 0.3 is 0 Å². The molecular weight excluding hydrogens is 275 g/mol. The van der Waals surface area contributed by atoms with E-state index in [2.05, 4.69) is 15.8 Å². The molecule has 0 saturated heterocycles. The first-order chi connectivity index (χ1) is 9.71. The number of carbonyl (C=O) groups excluding carboxylic acids is 1. The molecule has 0 fully saturated rings. The second kappa shape index (κ2) is 7.03. The number of nitrogens with zero attached hydrogens (tertiary/aromatic N) is 1. The van der Waals surface area contributed by atoms with Gasteiger partial charge in [0.1, 0.15) is 5.82 Å². The molecule has 0 atom stereocenters. The van der Waals surface area contributed by atoms with Crippen LogP contribution in [-0.4, -0.2) is 29.0 Å². The Labute approximate surface area is 123 Å². The van der Waals surface area contributed by atoms with E-state index in [-0.39, 0.29) is 29.4 Å². The maximum atomic E-state index is 13.4. The molecule has 5 N–H and O–H groups in total. The van der Waals surface area contributed by atoms with Gasteiger partial charge in [-0.3, -0.25) is 4.79 Å². The zero-order valence-electron chi connectivity index (χ0n) is 12.4. The Morgan fingerprint density at radius 1 is 1.38 bits per heavy atom. The van der Waals surface area contributed by atoms with E-state index in [1.165, 1.54) is 12.1 Å². The number of amides is 1. The topological polar surface area (TPSA) is 99.7 Å². The standard InChI is InChI=1S/C14H21FN4O2/c1-14(2,3)18-12(20)8-17-7-9-4-10(13(16)19-21)6-11(15)5-9/h4-6,17,21H,7-8H2,1-3H3,(H2,16,19)(H,18,20). The fraction of sp³-hybridized carbons (Fsp3) is 0.429. The van der Waals surface area contributed by atoms with E-state index < -0.39 is 5.82 Å². The van der Waals surface area contributed by atoms with Crippen LogP contribution in [0.4, 0.5) is 4.39 Å². The largest absolute Gasteiger partial charge is 0.409 e. The minimum atomic E-state index is -0.491. The molecule has 0 spiro atoms. The average molecular weight is 296 g/mol. The molecule has 0 saturated carbocycles. The second-order valence-electron chi connectivity index (χ2n) is 5.74. The molecule has 0 bridgehead atoms. The Morgan fingerprint density at radius 3 is 2.62 bits per heavy atom. The van der Waals surface area contributed by atoms with E-state index in [1.54, 1.807) is 6.07 Å². The predicted molar refractivity (Wildman–Crippen MR) is 78.5 cm³/mol. The van der Waals surface area contributed by atoms with Gasteiger partial charge in [-0.05, 0) is 44.5 Å². The Hall–Kier alpha value is -2.15. The monoisotopic (exact) mass is 296 g/mol. The predicted octanol–water partition coefficient (Wildman–Crippen LogP) is 0.924. The number of amidine groups is 1. The number of nitrogens with two attached hydrogens (primary N) is 1. The van der Waals surface area contributed by atoms with Crippen molar-refractivity contribution in [2.75, 3.05) is 6.54 Å². The number of benzene rings is 1. The lowest BCUT2D eigenvalue weighted by Gasteiger charge is -2.20. The summed E-state index contributed by atoms with van der Waals surface area (Å²) in [6, 6.07) is 4.08. The first-order valence-electron chi connectivity index (χ1n) is 6.50. The molecule has 0 aliphatic rings. The van der Waals surface area contributed by atoms with Gasteiger partial charge in [0.15, 0.2) is 5.84 Å². The number of nitrogens with one attached hydrogen (secondary N) is 2. The minimum Gasteiger partial charge on any atom is -0.409 e. The van der Waals surface area contributed by atoms with Crippen molar-refractivity contribution in [2.24, 2.45) is 10.9 Å². The molecule has 1 aromatic carbocycles. The van der Waals surface area contributed by atoms with Gasteiger partial charge in [0.05, 0.1) is 6.54 Å². The van der Waals surface area contributed by atoms with Crippen LogP contribution >= 0.6 is 0 Å². The molecule has 0 aliphatic carbocycles. The van der Waals surface area contributed by atoms with Crippen LogP contribution in [0.15, 0.2) is 23.4 Å². The molecule has 6 nitrogen and oxygen atoms in total. The molecule has 21 heavy (non-hydrogen) atoms. The Balaban J connectivity index is 2.60. The van der Waals surface area contributed by atoms with Crippen LogP contribution in [0.2, 0.25) is 0 Å². The number of halogens is 1. The van der Waals surface area contributed by atoms with Crippen LogP contribution in [-0.2, 0) is 11.3 Å². The van der Waals surface area contributed by atoms with Gasteiger partial charge < -0.3 is 21.6 Å². The lowest BCUT2D eigenvalue weighted by Crippen LogP contribution is -2.44. The molecule has 1 aromatic rings. The highest BCUT2D eigenvalue weighted by Crippen LogP contribution is 2.09. The van der Waals surface area contributed by atoms with Crippen molar-refractivity contribution in [2.45, 2.75) is 32.9 Å². The van der Waals surface area contributed by atoms with E-state index in [4.69, 9.17) is 10.9 Å². The Kier molecular flexibility index (Phi) is 5.66. The highest BCUT2D eigenvalue weighted by molar-refractivity contribution is 5.97. The SMILES string of the molecule is CC(C)(C)NC(=O)CNCc1cc(F)cc(/C(N)=N/O)c1. The highest BCUT2D eigenvalue weighted by atomic mass is 19.1. The third kappa shape index (κ3) is 6.22. The third-order valence-electron chi connectivity index (χ3n) is 2.49. The molecule has 0 heterocycles. The zero-order chi connectivity index (χ0) is 16.0. The summed E-state index contributed by atoms with van der Waals surface area (Å²) in [4.78, 5) is 11.6. The molecule has 116 valence electrons. The van der Waals surface area contributed by atoms with Gasteiger partial charge in [0.2, 0.25) is 5.91 Å². The average Bonchev–Trinajstić information content (AvgIpc) is 2.35. The van der Waals surface area contributed by atoms with E-state index in [0.29, 0.717) is 12.1 Å². The summed E-state index contributed by atoms with van der Waals surface area (Å²) < 4.78 is 13.4. The van der Waals surface area contributed by atoms with E-state index in [9.17, 15) is 9.18 Å². The summed E-state index contributed by atoms with van der Waals surface area (Å²) >= 11 is 0. The van der Waals surface area contributed by atoms with Gasteiger partial charge in [-0.2, -0.15) is 0 Å². The summed E-state index contributed by atoms with van der Waals surface area (Å²) in [7, 11) is 0. The molecule has 1 amide bonds. The van der Waals surface area contributed by atoms with Crippen LogP contribution in [0, 0.1) is 5.82 Å². The first kappa shape index (κ1) is 16.9. The van der Waals surface area contributed by atoms with Crippen LogP contribution in [0.25, 0.3) is 0 Å². The van der Waals surface area contributed by atoms with Gasteiger partial charge in [-0.1, -0.05) is 5.16 Å². The molecular formula is C14H21FN4O2. The number of hydrogen-bond acceptors (Lipinski definition) is 4. The first-order valence-corrected chi connectivity index (χ1v) is 6.50. The summed E-state index contributed by atoms with van der Waals surface area (Å²) in [5.41, 5.74) is 6.02. The second-order valence-corrected chi connectivity index (χ2v) is 5.74. The van der Waals surface area contributed by atoms with Gasteiger partial charge in [-0.25, -0.2) is 4.39 Å². The number of hydrogen-bond donors (Lipinski definition) is 4. The van der Waals surface area contributed by atoms with Gasteiger partial charge in [0.25, 0.3) is 0 Å². The van der Waals surface area contributed by atoms with Crippen LogP contribution < -0.4 is 16.4 Å². The van der Waals surface area contributed by atoms with E-state index in [0.717, 1.165) is 0 Å². The Bertz CT molecular complexity index is 538. The summed E-state index contributed by atoms with van der Waals surface area (Å²) in [5, 5.41) is 17.2. The van der Waals surface area contributed by atoms with Crippen molar-refractivity contribution in [3.05, 3.63) is 35.1 Å². The summed E-state index contributed by atoms with van der Waals surface area (Å²) in [6.07, 6.45) is 0. The van der Waals surface area contributed by atoms with Crippen molar-refractivity contribution >= 4 is 11.7 Å². The van der Waals surface area contributed by atoms with Crippen molar-refractivity contribution in [1.82, 2.24) is 10.6 Å².